The molecule has 3 amide bonds. The van der Waals surface area contributed by atoms with Crippen LogP contribution in [-0.2, 0) is 17.8 Å². The van der Waals surface area contributed by atoms with E-state index in [9.17, 15) is 9.59 Å². The van der Waals surface area contributed by atoms with Crippen molar-refractivity contribution in [3.63, 3.8) is 0 Å². The van der Waals surface area contributed by atoms with Crippen LogP contribution in [0, 0.1) is 0 Å². The summed E-state index contributed by atoms with van der Waals surface area (Å²) in [7, 11) is 3.13. The topological polar surface area (TPSA) is 84.4 Å². The zero-order chi connectivity index (χ0) is 31.6. The first-order valence-corrected chi connectivity index (χ1v) is 14.6. The summed E-state index contributed by atoms with van der Waals surface area (Å²) in [6.45, 7) is 5.67. The average molecular weight is 636 g/mol. The molecule has 228 valence electrons. The van der Waals surface area contributed by atoms with Gasteiger partial charge in [0, 0.05) is 27.4 Å². The van der Waals surface area contributed by atoms with Crippen molar-refractivity contribution in [2.24, 2.45) is 0 Å². The van der Waals surface area contributed by atoms with E-state index in [1.807, 2.05) is 6.07 Å². The van der Waals surface area contributed by atoms with Gasteiger partial charge in [0.25, 0.3) is 0 Å². The maximum Gasteiger partial charge on any atom is 0.416 e. The SMILES string of the molecule is COc1ccc(CN(C(=O)OC(C)(C)C)c2ccc3c(n2)CN(c2ccc(Cl)cc2)C(=O)N3c2ccc(Cl)cc2)c(OC)c1. The monoisotopic (exact) mass is 634 g/mol. The number of ether oxygens (including phenoxy) is 3. The molecule has 0 saturated carbocycles. The minimum Gasteiger partial charge on any atom is -0.497 e. The molecule has 9 nitrogen and oxygen atoms in total. The number of amides is 3. The lowest BCUT2D eigenvalue weighted by Crippen LogP contribution is -2.45. The Hall–Kier alpha value is -4.47. The smallest absolute Gasteiger partial charge is 0.416 e. The largest absolute Gasteiger partial charge is 0.497 e. The summed E-state index contributed by atoms with van der Waals surface area (Å²) in [5.41, 5.74) is 2.37. The normalized spacial score (nSPS) is 12.9. The highest BCUT2D eigenvalue weighted by molar-refractivity contribution is 6.31. The van der Waals surface area contributed by atoms with E-state index in [0.717, 1.165) is 5.56 Å². The molecular weight excluding hydrogens is 603 g/mol. The number of hydrogen-bond donors (Lipinski definition) is 0. The number of carbonyl (C=O) groups excluding carboxylic acids is 2. The van der Waals surface area contributed by atoms with Gasteiger partial charge >= 0.3 is 12.1 Å². The molecule has 44 heavy (non-hydrogen) atoms. The molecule has 0 aliphatic carbocycles. The molecule has 0 spiro atoms. The van der Waals surface area contributed by atoms with Gasteiger partial charge in [0.2, 0.25) is 0 Å². The van der Waals surface area contributed by atoms with E-state index in [4.69, 9.17) is 42.4 Å². The fraction of sp³-hybridized carbons (Fsp3) is 0.242. The highest BCUT2D eigenvalue weighted by Gasteiger charge is 2.35. The molecule has 0 unspecified atom stereocenters. The Morgan fingerprint density at radius 3 is 2.11 bits per heavy atom. The van der Waals surface area contributed by atoms with Gasteiger partial charge in [-0.15, -0.1) is 0 Å². The number of fused-ring (bicyclic) bond motifs is 1. The molecule has 0 bridgehead atoms. The molecule has 5 rings (SSSR count). The number of halogens is 2. The van der Waals surface area contributed by atoms with Gasteiger partial charge in [-0.3, -0.25) is 14.7 Å². The minimum atomic E-state index is -0.753. The van der Waals surface area contributed by atoms with E-state index in [2.05, 4.69) is 0 Å². The number of rotatable bonds is 7. The summed E-state index contributed by atoms with van der Waals surface area (Å²) in [6, 6.07) is 22.6. The predicted molar refractivity (Wildman–Crippen MR) is 173 cm³/mol. The van der Waals surface area contributed by atoms with Crippen molar-refractivity contribution >= 4 is 58.2 Å². The van der Waals surface area contributed by atoms with Crippen LogP contribution >= 0.6 is 23.2 Å². The first-order valence-electron chi connectivity index (χ1n) is 13.8. The van der Waals surface area contributed by atoms with Gasteiger partial charge in [0.05, 0.1) is 44.4 Å². The summed E-state index contributed by atoms with van der Waals surface area (Å²) in [6.07, 6.45) is -0.584. The fourth-order valence-electron chi connectivity index (χ4n) is 4.77. The van der Waals surface area contributed by atoms with Crippen molar-refractivity contribution in [3.05, 3.63) is 100 Å². The van der Waals surface area contributed by atoms with Crippen molar-refractivity contribution in [1.82, 2.24) is 4.98 Å². The van der Waals surface area contributed by atoms with E-state index < -0.39 is 11.7 Å². The second-order valence-corrected chi connectivity index (χ2v) is 11.9. The van der Waals surface area contributed by atoms with Gasteiger partial charge in [-0.1, -0.05) is 23.2 Å². The van der Waals surface area contributed by atoms with Crippen LogP contribution in [0.4, 0.5) is 32.5 Å². The number of hydrogen-bond acceptors (Lipinski definition) is 6. The van der Waals surface area contributed by atoms with Crippen LogP contribution in [-0.4, -0.2) is 36.9 Å². The van der Waals surface area contributed by atoms with Crippen molar-refractivity contribution in [3.8, 4) is 11.5 Å². The van der Waals surface area contributed by atoms with E-state index in [0.29, 0.717) is 50.1 Å². The molecule has 0 saturated heterocycles. The van der Waals surface area contributed by atoms with Crippen LogP contribution in [0.15, 0.2) is 78.9 Å². The van der Waals surface area contributed by atoms with Gasteiger partial charge in [0.15, 0.2) is 0 Å². The third kappa shape index (κ3) is 6.69. The fourth-order valence-corrected chi connectivity index (χ4v) is 5.02. The van der Waals surface area contributed by atoms with E-state index in [1.54, 1.807) is 118 Å². The second-order valence-electron chi connectivity index (χ2n) is 11.0. The Kier molecular flexibility index (Phi) is 8.90. The molecule has 4 aromatic rings. The third-order valence-corrected chi connectivity index (χ3v) is 7.35. The molecule has 11 heteroatoms. The predicted octanol–water partition coefficient (Wildman–Crippen LogP) is 8.63. The van der Waals surface area contributed by atoms with Crippen molar-refractivity contribution in [2.45, 2.75) is 39.5 Å². The summed E-state index contributed by atoms with van der Waals surface area (Å²) < 4.78 is 16.7. The van der Waals surface area contributed by atoms with Gasteiger partial charge in [0.1, 0.15) is 22.9 Å². The molecule has 3 aromatic carbocycles. The molecule has 0 atom stereocenters. The van der Waals surface area contributed by atoms with E-state index >= 15 is 0 Å². The Balaban J connectivity index is 1.61. The van der Waals surface area contributed by atoms with Crippen LogP contribution in [0.3, 0.4) is 0 Å². The lowest BCUT2D eigenvalue weighted by molar-refractivity contribution is 0.0576. The maximum absolute atomic E-state index is 14.0. The lowest BCUT2D eigenvalue weighted by atomic mass is 10.1. The molecular formula is C33H32Cl2N4O5. The molecule has 1 aliphatic rings. The number of anilines is 4. The highest BCUT2D eigenvalue weighted by atomic mass is 35.5. The lowest BCUT2D eigenvalue weighted by Gasteiger charge is -2.37. The molecule has 0 N–H and O–H groups in total. The van der Waals surface area contributed by atoms with Crippen molar-refractivity contribution < 1.29 is 23.8 Å². The number of methoxy groups -OCH3 is 2. The van der Waals surface area contributed by atoms with Gasteiger partial charge < -0.3 is 14.2 Å². The molecule has 0 radical (unpaired) electrons. The first kappa shape index (κ1) is 31.0. The standard InChI is InChI=1S/C33H32Cl2N4O5/c1-33(2,3)44-32(41)38(19-21-6-15-26(42-4)18-29(21)43-5)30-17-16-28-27(36-30)20-37(24-11-7-22(34)8-12-24)31(40)39(28)25-13-9-23(35)10-14-25/h6-18H,19-20H2,1-5H3. The van der Waals surface area contributed by atoms with Gasteiger partial charge in [-0.25, -0.2) is 14.6 Å². The number of aromatic nitrogens is 1. The van der Waals surface area contributed by atoms with Crippen LogP contribution in [0.1, 0.15) is 32.0 Å². The van der Waals surface area contributed by atoms with Crippen LogP contribution < -0.4 is 24.2 Å². The zero-order valence-electron chi connectivity index (χ0n) is 25.0. The molecule has 1 aliphatic heterocycles. The summed E-state index contributed by atoms with van der Waals surface area (Å²) >= 11 is 12.3. The van der Waals surface area contributed by atoms with Crippen LogP contribution in [0.2, 0.25) is 10.0 Å². The van der Waals surface area contributed by atoms with Gasteiger partial charge in [-0.05, 0) is 93.6 Å². The Labute approximate surface area is 266 Å². The maximum atomic E-state index is 14.0. The summed E-state index contributed by atoms with van der Waals surface area (Å²) in [5.74, 6) is 1.51. The first-order chi connectivity index (χ1) is 21.0. The molecule has 1 aromatic heterocycles. The number of pyridine rings is 1. The van der Waals surface area contributed by atoms with Crippen LogP contribution in [0.5, 0.6) is 11.5 Å². The third-order valence-electron chi connectivity index (χ3n) is 6.84. The van der Waals surface area contributed by atoms with Crippen LogP contribution in [0.25, 0.3) is 0 Å². The molecule has 0 fully saturated rings. The second kappa shape index (κ2) is 12.6. The quantitative estimate of drug-likeness (QED) is 0.202. The van der Waals surface area contributed by atoms with E-state index in [1.165, 1.54) is 4.90 Å². The Morgan fingerprint density at radius 1 is 0.886 bits per heavy atom. The molecule has 2 heterocycles. The van der Waals surface area contributed by atoms with E-state index in [-0.39, 0.29) is 19.1 Å². The zero-order valence-corrected chi connectivity index (χ0v) is 26.5. The van der Waals surface area contributed by atoms with Gasteiger partial charge in [-0.2, -0.15) is 0 Å². The summed E-state index contributed by atoms with van der Waals surface area (Å²) in [5, 5.41) is 1.10. The summed E-state index contributed by atoms with van der Waals surface area (Å²) in [4.78, 5) is 37.2. The number of benzene rings is 3. The average Bonchev–Trinajstić information content (AvgIpc) is 2.99. The Bertz CT molecular complexity index is 1670. The Morgan fingerprint density at radius 2 is 1.52 bits per heavy atom. The number of urea groups is 1. The highest BCUT2D eigenvalue weighted by Crippen LogP contribution is 2.38. The van der Waals surface area contributed by atoms with Crippen molar-refractivity contribution in [2.75, 3.05) is 28.9 Å². The number of nitrogens with zero attached hydrogens (tertiary/aromatic N) is 4. The number of carbonyl (C=O) groups is 2. The van der Waals surface area contributed by atoms with Crippen molar-refractivity contribution in [1.29, 1.82) is 0 Å². The minimum absolute atomic E-state index is 0.106.